The van der Waals surface area contributed by atoms with Gasteiger partial charge in [0.05, 0.1) is 0 Å². The summed E-state index contributed by atoms with van der Waals surface area (Å²) < 4.78 is 0. The van der Waals surface area contributed by atoms with Crippen molar-refractivity contribution in [1.29, 1.82) is 0 Å². The van der Waals surface area contributed by atoms with E-state index in [9.17, 15) is 0 Å². The maximum absolute atomic E-state index is 8.79. The Morgan fingerprint density at radius 1 is 0.812 bits per heavy atom. The average molecular weight is 228 g/mol. The Kier molecular flexibility index (Phi) is 11.4. The molecule has 1 atom stereocenters. The van der Waals surface area contributed by atoms with Gasteiger partial charge in [-0.25, -0.2) is 0 Å². The van der Waals surface area contributed by atoms with Crippen molar-refractivity contribution in [2.75, 3.05) is 6.61 Å². The van der Waals surface area contributed by atoms with Crippen LogP contribution in [0.2, 0.25) is 0 Å². The van der Waals surface area contributed by atoms with E-state index in [2.05, 4.69) is 20.8 Å². The summed E-state index contributed by atoms with van der Waals surface area (Å²) in [5.74, 6) is 1.68. The summed E-state index contributed by atoms with van der Waals surface area (Å²) >= 11 is 0. The lowest BCUT2D eigenvalue weighted by atomic mass is 9.95. The van der Waals surface area contributed by atoms with Gasteiger partial charge in [0.25, 0.3) is 0 Å². The molecule has 0 aromatic rings. The second-order valence-corrected chi connectivity index (χ2v) is 5.29. The highest BCUT2D eigenvalue weighted by Gasteiger charge is 2.03. The van der Waals surface area contributed by atoms with Gasteiger partial charge in [0.15, 0.2) is 0 Å². The summed E-state index contributed by atoms with van der Waals surface area (Å²) in [6, 6.07) is 0. The SMILES string of the molecule is CCC(CC)CCCCCCC(C)CCO. The van der Waals surface area contributed by atoms with Crippen LogP contribution >= 0.6 is 0 Å². The number of rotatable bonds is 11. The Morgan fingerprint density at radius 3 is 1.88 bits per heavy atom. The predicted molar refractivity (Wildman–Crippen MR) is 72.6 cm³/mol. The monoisotopic (exact) mass is 228 g/mol. The van der Waals surface area contributed by atoms with Gasteiger partial charge in [0.2, 0.25) is 0 Å². The number of hydrogen-bond acceptors (Lipinski definition) is 1. The standard InChI is InChI=1S/C15H32O/c1-4-15(5-2)11-9-7-6-8-10-14(3)12-13-16/h14-16H,4-13H2,1-3H3. The normalized spacial score (nSPS) is 13.3. The van der Waals surface area contributed by atoms with Gasteiger partial charge in [0.1, 0.15) is 0 Å². The molecule has 0 aromatic heterocycles. The maximum atomic E-state index is 8.79. The third kappa shape index (κ3) is 9.21. The quantitative estimate of drug-likeness (QED) is 0.504. The van der Waals surface area contributed by atoms with E-state index in [0.717, 1.165) is 12.3 Å². The summed E-state index contributed by atoms with van der Waals surface area (Å²) in [4.78, 5) is 0. The first-order chi connectivity index (χ1) is 7.74. The molecular weight excluding hydrogens is 196 g/mol. The second-order valence-electron chi connectivity index (χ2n) is 5.29. The zero-order valence-corrected chi connectivity index (χ0v) is 11.7. The summed E-state index contributed by atoms with van der Waals surface area (Å²) in [6.07, 6.45) is 12.0. The lowest BCUT2D eigenvalue weighted by molar-refractivity contribution is 0.256. The predicted octanol–water partition coefficient (Wildman–Crippen LogP) is 4.78. The zero-order valence-electron chi connectivity index (χ0n) is 11.7. The Bertz CT molecular complexity index is 129. The fourth-order valence-corrected chi connectivity index (χ4v) is 2.34. The van der Waals surface area contributed by atoms with Crippen molar-refractivity contribution in [3.8, 4) is 0 Å². The number of unbranched alkanes of at least 4 members (excludes halogenated alkanes) is 3. The fourth-order valence-electron chi connectivity index (χ4n) is 2.34. The molecule has 1 unspecified atom stereocenters. The van der Waals surface area contributed by atoms with Gasteiger partial charge in [-0.1, -0.05) is 72.1 Å². The minimum Gasteiger partial charge on any atom is -0.396 e. The topological polar surface area (TPSA) is 20.2 Å². The molecule has 0 saturated heterocycles. The summed E-state index contributed by atoms with van der Waals surface area (Å²) in [5.41, 5.74) is 0. The van der Waals surface area contributed by atoms with Gasteiger partial charge >= 0.3 is 0 Å². The van der Waals surface area contributed by atoms with Crippen molar-refractivity contribution in [2.24, 2.45) is 11.8 Å². The molecule has 0 fully saturated rings. The van der Waals surface area contributed by atoms with Gasteiger partial charge in [0, 0.05) is 6.61 Å². The molecule has 0 saturated carbocycles. The number of aliphatic hydroxyl groups is 1. The Hall–Kier alpha value is -0.0400. The first-order valence-corrected chi connectivity index (χ1v) is 7.35. The van der Waals surface area contributed by atoms with Crippen molar-refractivity contribution >= 4 is 0 Å². The van der Waals surface area contributed by atoms with Crippen LogP contribution in [0.4, 0.5) is 0 Å². The largest absolute Gasteiger partial charge is 0.396 e. The van der Waals surface area contributed by atoms with Crippen LogP contribution in [0.5, 0.6) is 0 Å². The van der Waals surface area contributed by atoms with Crippen molar-refractivity contribution in [1.82, 2.24) is 0 Å². The Morgan fingerprint density at radius 2 is 1.38 bits per heavy atom. The summed E-state index contributed by atoms with van der Waals surface area (Å²) in [6.45, 7) is 7.23. The van der Waals surface area contributed by atoms with Crippen LogP contribution in [0, 0.1) is 11.8 Å². The van der Waals surface area contributed by atoms with E-state index in [4.69, 9.17) is 5.11 Å². The van der Waals surface area contributed by atoms with Crippen molar-refractivity contribution in [2.45, 2.75) is 78.6 Å². The fraction of sp³-hybridized carbons (Fsp3) is 1.00. The molecule has 1 N–H and O–H groups in total. The highest BCUT2D eigenvalue weighted by molar-refractivity contribution is 4.57. The number of aliphatic hydroxyl groups excluding tert-OH is 1. The molecule has 0 heterocycles. The van der Waals surface area contributed by atoms with E-state index in [1.165, 1.54) is 51.4 Å². The molecule has 1 nitrogen and oxygen atoms in total. The molecule has 0 aromatic carbocycles. The summed E-state index contributed by atoms with van der Waals surface area (Å²) in [5, 5.41) is 8.79. The first kappa shape index (κ1) is 16.0. The van der Waals surface area contributed by atoms with E-state index >= 15 is 0 Å². The molecule has 0 bridgehead atoms. The third-order valence-electron chi connectivity index (χ3n) is 3.84. The van der Waals surface area contributed by atoms with E-state index in [0.29, 0.717) is 12.5 Å². The van der Waals surface area contributed by atoms with Crippen LogP contribution in [-0.2, 0) is 0 Å². The minimum atomic E-state index is 0.357. The van der Waals surface area contributed by atoms with Crippen molar-refractivity contribution in [3.63, 3.8) is 0 Å². The first-order valence-electron chi connectivity index (χ1n) is 7.35. The molecule has 98 valence electrons. The molecule has 16 heavy (non-hydrogen) atoms. The molecule has 0 aliphatic rings. The number of hydrogen-bond donors (Lipinski definition) is 1. The van der Waals surface area contributed by atoms with Crippen LogP contribution < -0.4 is 0 Å². The van der Waals surface area contributed by atoms with Crippen LogP contribution in [0.25, 0.3) is 0 Å². The van der Waals surface area contributed by atoms with Crippen LogP contribution in [0.1, 0.15) is 78.6 Å². The second kappa shape index (κ2) is 11.4. The van der Waals surface area contributed by atoms with E-state index in [-0.39, 0.29) is 0 Å². The third-order valence-corrected chi connectivity index (χ3v) is 3.84. The van der Waals surface area contributed by atoms with Gasteiger partial charge < -0.3 is 5.11 Å². The molecular formula is C15H32O. The van der Waals surface area contributed by atoms with E-state index in [1.54, 1.807) is 0 Å². The Balaban J connectivity index is 3.20. The van der Waals surface area contributed by atoms with Gasteiger partial charge in [-0.05, 0) is 18.3 Å². The maximum Gasteiger partial charge on any atom is 0.0433 e. The van der Waals surface area contributed by atoms with Gasteiger partial charge in [-0.2, -0.15) is 0 Å². The zero-order chi connectivity index (χ0) is 12.2. The lowest BCUT2D eigenvalue weighted by Crippen LogP contribution is -1.98. The molecule has 0 aliphatic heterocycles. The lowest BCUT2D eigenvalue weighted by Gasteiger charge is -2.12. The highest BCUT2D eigenvalue weighted by Crippen LogP contribution is 2.18. The van der Waals surface area contributed by atoms with Crippen molar-refractivity contribution in [3.05, 3.63) is 0 Å². The summed E-state index contributed by atoms with van der Waals surface area (Å²) in [7, 11) is 0. The van der Waals surface area contributed by atoms with E-state index in [1.807, 2.05) is 0 Å². The molecule has 0 rings (SSSR count). The Labute approximate surface area is 103 Å². The van der Waals surface area contributed by atoms with Crippen LogP contribution in [0.15, 0.2) is 0 Å². The molecule has 0 radical (unpaired) electrons. The van der Waals surface area contributed by atoms with Crippen LogP contribution in [-0.4, -0.2) is 11.7 Å². The molecule has 0 aliphatic carbocycles. The molecule has 0 spiro atoms. The highest BCUT2D eigenvalue weighted by atomic mass is 16.3. The van der Waals surface area contributed by atoms with Crippen LogP contribution in [0.3, 0.4) is 0 Å². The van der Waals surface area contributed by atoms with Crippen molar-refractivity contribution < 1.29 is 5.11 Å². The molecule has 0 amide bonds. The average Bonchev–Trinajstić information content (AvgIpc) is 2.29. The molecule has 1 heteroatoms. The van der Waals surface area contributed by atoms with Gasteiger partial charge in [-0.3, -0.25) is 0 Å². The van der Waals surface area contributed by atoms with E-state index < -0.39 is 0 Å². The minimum absolute atomic E-state index is 0.357. The smallest absolute Gasteiger partial charge is 0.0433 e. The van der Waals surface area contributed by atoms with Gasteiger partial charge in [-0.15, -0.1) is 0 Å².